The van der Waals surface area contributed by atoms with Crippen LogP contribution in [0.5, 0.6) is 0 Å². The van der Waals surface area contributed by atoms with Gasteiger partial charge >= 0.3 is 6.41 Å². The number of rotatable bonds is 4. The zero-order chi connectivity index (χ0) is 19.8. The van der Waals surface area contributed by atoms with Crippen LogP contribution in [0.4, 0.5) is 8.78 Å². The van der Waals surface area contributed by atoms with E-state index in [4.69, 9.17) is 4.74 Å². The van der Waals surface area contributed by atoms with Gasteiger partial charge in [-0.3, -0.25) is 4.79 Å². The van der Waals surface area contributed by atoms with E-state index < -0.39 is 11.6 Å². The fourth-order valence-corrected chi connectivity index (χ4v) is 3.90. The van der Waals surface area contributed by atoms with Crippen molar-refractivity contribution >= 4 is 28.0 Å². The third-order valence-corrected chi connectivity index (χ3v) is 5.27. The first-order valence-electron chi connectivity index (χ1n) is 8.83. The summed E-state index contributed by atoms with van der Waals surface area (Å²) in [4.78, 5) is 17.0. The van der Waals surface area contributed by atoms with Gasteiger partial charge in [0.15, 0.2) is 0 Å². The lowest BCUT2D eigenvalue weighted by molar-refractivity contribution is -0.00588. The van der Waals surface area contributed by atoms with E-state index in [1.54, 1.807) is 0 Å². The van der Waals surface area contributed by atoms with Gasteiger partial charge in [-0.05, 0) is 36.8 Å². The maximum atomic E-state index is 14.7. The predicted molar refractivity (Wildman–Crippen MR) is 104 cm³/mol. The third kappa shape index (κ3) is 3.54. The SMILES string of the molecule is Cc1ccn2c(C[C@H]3CN([C]=O)CCO3)c(-c3c(F)cc(Br)cc3F)nc2c1. The van der Waals surface area contributed by atoms with E-state index in [1.807, 2.05) is 36.1 Å². The molecule has 0 bridgehead atoms. The molecule has 3 heterocycles. The van der Waals surface area contributed by atoms with Gasteiger partial charge in [0.1, 0.15) is 17.3 Å². The van der Waals surface area contributed by atoms with Gasteiger partial charge in [0, 0.05) is 30.2 Å². The molecule has 1 radical (unpaired) electrons. The molecule has 1 aromatic carbocycles. The van der Waals surface area contributed by atoms with Crippen LogP contribution < -0.4 is 0 Å². The van der Waals surface area contributed by atoms with Gasteiger partial charge in [0.25, 0.3) is 0 Å². The Morgan fingerprint density at radius 2 is 2.07 bits per heavy atom. The lowest BCUT2D eigenvalue weighted by atomic mass is 10.0. The minimum Gasteiger partial charge on any atom is -0.374 e. The molecule has 1 fully saturated rings. The fourth-order valence-electron chi connectivity index (χ4n) is 3.50. The number of pyridine rings is 1. The van der Waals surface area contributed by atoms with Crippen LogP contribution in [0.15, 0.2) is 34.9 Å². The van der Waals surface area contributed by atoms with Crippen molar-refractivity contribution in [2.24, 2.45) is 0 Å². The van der Waals surface area contributed by atoms with Gasteiger partial charge < -0.3 is 14.0 Å². The van der Waals surface area contributed by atoms with Crippen molar-refractivity contribution in [3.8, 4) is 11.3 Å². The van der Waals surface area contributed by atoms with Crippen LogP contribution in [-0.2, 0) is 16.0 Å². The zero-order valence-electron chi connectivity index (χ0n) is 15.1. The Morgan fingerprint density at radius 3 is 2.79 bits per heavy atom. The molecule has 5 nitrogen and oxygen atoms in total. The van der Waals surface area contributed by atoms with Crippen LogP contribution in [0.1, 0.15) is 11.3 Å². The highest BCUT2D eigenvalue weighted by Crippen LogP contribution is 2.32. The molecule has 4 rings (SSSR count). The van der Waals surface area contributed by atoms with Crippen LogP contribution in [0, 0.1) is 18.6 Å². The number of imidazole rings is 1. The molecule has 0 N–H and O–H groups in total. The summed E-state index contributed by atoms with van der Waals surface area (Å²) in [7, 11) is 0. The van der Waals surface area contributed by atoms with E-state index in [0.29, 0.717) is 41.9 Å². The first-order valence-corrected chi connectivity index (χ1v) is 9.62. The monoisotopic (exact) mass is 448 g/mol. The maximum Gasteiger partial charge on any atom is 0.312 e. The topological polar surface area (TPSA) is 46.8 Å². The van der Waals surface area contributed by atoms with Crippen molar-refractivity contribution in [2.45, 2.75) is 19.4 Å². The molecular weight excluding hydrogens is 432 g/mol. The zero-order valence-corrected chi connectivity index (χ0v) is 16.7. The summed E-state index contributed by atoms with van der Waals surface area (Å²) in [6.07, 6.45) is 3.76. The van der Waals surface area contributed by atoms with Gasteiger partial charge in [-0.15, -0.1) is 0 Å². The molecular formula is C20H17BrF2N3O2. The number of aromatic nitrogens is 2. The fraction of sp³-hybridized carbons (Fsp3) is 0.300. The normalized spacial score (nSPS) is 17.3. The van der Waals surface area contributed by atoms with Gasteiger partial charge in [-0.2, -0.15) is 0 Å². The summed E-state index contributed by atoms with van der Waals surface area (Å²) in [5.41, 5.74) is 2.29. The Balaban J connectivity index is 1.84. The highest BCUT2D eigenvalue weighted by Gasteiger charge is 2.26. The number of aryl methyl sites for hydroxylation is 1. The van der Waals surface area contributed by atoms with Crippen molar-refractivity contribution in [3.05, 3.63) is 57.8 Å². The second-order valence-corrected chi connectivity index (χ2v) is 7.73. The molecule has 0 unspecified atom stereocenters. The molecule has 0 saturated carbocycles. The molecule has 28 heavy (non-hydrogen) atoms. The number of hydrogen-bond donors (Lipinski definition) is 0. The van der Waals surface area contributed by atoms with Crippen LogP contribution in [-0.4, -0.2) is 46.5 Å². The predicted octanol–water partition coefficient (Wildman–Crippen LogP) is 3.66. The number of hydrogen-bond acceptors (Lipinski definition) is 3. The highest BCUT2D eigenvalue weighted by molar-refractivity contribution is 9.10. The van der Waals surface area contributed by atoms with Crippen molar-refractivity contribution in [1.82, 2.24) is 14.3 Å². The summed E-state index contributed by atoms with van der Waals surface area (Å²) in [6.45, 7) is 3.17. The number of carbonyl (C=O) groups excluding carboxylic acids is 1. The molecule has 1 saturated heterocycles. The molecule has 0 aliphatic carbocycles. The molecule has 8 heteroatoms. The number of morpholine rings is 1. The van der Waals surface area contributed by atoms with Crippen LogP contribution in [0.25, 0.3) is 16.9 Å². The Hall–Kier alpha value is -2.32. The average Bonchev–Trinajstić information content (AvgIpc) is 2.98. The van der Waals surface area contributed by atoms with Gasteiger partial charge in [0.2, 0.25) is 0 Å². The Morgan fingerprint density at radius 1 is 1.32 bits per heavy atom. The first-order chi connectivity index (χ1) is 13.5. The van der Waals surface area contributed by atoms with E-state index in [-0.39, 0.29) is 17.4 Å². The molecule has 145 valence electrons. The largest absolute Gasteiger partial charge is 0.374 e. The smallest absolute Gasteiger partial charge is 0.312 e. The second-order valence-electron chi connectivity index (χ2n) is 6.82. The molecule has 1 amide bonds. The molecule has 1 atom stereocenters. The van der Waals surface area contributed by atoms with Crippen LogP contribution >= 0.6 is 15.9 Å². The molecule has 1 aliphatic heterocycles. The Kier molecular flexibility index (Phi) is 5.16. The minimum atomic E-state index is -0.694. The Bertz CT molecular complexity index is 1030. The van der Waals surface area contributed by atoms with Crippen LogP contribution in [0.2, 0.25) is 0 Å². The van der Waals surface area contributed by atoms with Gasteiger partial charge in [-0.1, -0.05) is 15.9 Å². The number of amides is 1. The third-order valence-electron chi connectivity index (χ3n) is 4.81. The second kappa shape index (κ2) is 7.60. The summed E-state index contributed by atoms with van der Waals surface area (Å²) >= 11 is 3.11. The number of nitrogens with zero attached hydrogens (tertiary/aromatic N) is 3. The van der Waals surface area contributed by atoms with E-state index in [1.165, 1.54) is 17.0 Å². The lowest BCUT2D eigenvalue weighted by Gasteiger charge is -2.29. The molecule has 3 aromatic rings. The summed E-state index contributed by atoms with van der Waals surface area (Å²) in [5.74, 6) is -1.39. The summed E-state index contributed by atoms with van der Waals surface area (Å²) < 4.78 is 37.2. The van der Waals surface area contributed by atoms with E-state index >= 15 is 0 Å². The maximum absolute atomic E-state index is 14.7. The van der Waals surface area contributed by atoms with Crippen LogP contribution in [0.3, 0.4) is 0 Å². The summed E-state index contributed by atoms with van der Waals surface area (Å²) in [6, 6.07) is 6.20. The minimum absolute atomic E-state index is 0.172. The number of halogens is 3. The van der Waals surface area contributed by atoms with E-state index in [9.17, 15) is 13.6 Å². The standard InChI is InChI=1S/C20H17BrF2N3O2/c1-12-2-3-26-17(9-14-10-25(11-27)4-5-28-14)20(24-18(26)6-12)19-15(22)7-13(21)8-16(19)23/h2-3,6-8,14H,4-5,9-10H2,1H3/t14-/m0/s1. The van der Waals surface area contributed by atoms with Crippen molar-refractivity contribution in [2.75, 3.05) is 19.7 Å². The van der Waals surface area contributed by atoms with Gasteiger partial charge in [-0.25, -0.2) is 13.8 Å². The quantitative estimate of drug-likeness (QED) is 0.611. The molecule has 2 aromatic heterocycles. The first kappa shape index (κ1) is 19.0. The number of fused-ring (bicyclic) bond motifs is 1. The Labute approximate surface area is 169 Å². The number of benzene rings is 1. The number of ether oxygens (including phenoxy) is 1. The average molecular weight is 449 g/mol. The van der Waals surface area contributed by atoms with Crippen molar-refractivity contribution in [1.29, 1.82) is 0 Å². The molecule has 0 spiro atoms. The van der Waals surface area contributed by atoms with E-state index in [0.717, 1.165) is 5.56 Å². The van der Waals surface area contributed by atoms with Gasteiger partial charge in [0.05, 0.1) is 29.7 Å². The molecule has 1 aliphatic rings. The lowest BCUT2D eigenvalue weighted by Crippen LogP contribution is -2.42. The van der Waals surface area contributed by atoms with E-state index in [2.05, 4.69) is 20.9 Å². The highest BCUT2D eigenvalue weighted by atomic mass is 79.9. The van der Waals surface area contributed by atoms with Crippen molar-refractivity contribution < 1.29 is 18.3 Å². The summed E-state index contributed by atoms with van der Waals surface area (Å²) in [5, 5.41) is 0. The van der Waals surface area contributed by atoms with Crippen molar-refractivity contribution in [3.63, 3.8) is 0 Å².